The van der Waals surface area contributed by atoms with Crippen LogP contribution in [0.3, 0.4) is 0 Å². The lowest BCUT2D eigenvalue weighted by Crippen LogP contribution is -2.15. The molecule has 2 aromatic rings. The lowest BCUT2D eigenvalue weighted by molar-refractivity contribution is 0.0698. The second-order valence-electron chi connectivity index (χ2n) is 4.67. The van der Waals surface area contributed by atoms with Crippen molar-refractivity contribution in [1.82, 2.24) is 0 Å². The average molecular weight is 286 g/mol. The molecular weight excluding hydrogens is 268 g/mol. The Morgan fingerprint density at radius 2 is 2.05 bits per heavy atom. The van der Waals surface area contributed by atoms with E-state index < -0.39 is 5.97 Å². The number of hydrogen-bond donors (Lipinski definition) is 3. The first-order valence-corrected chi connectivity index (χ1v) is 6.63. The predicted octanol–water partition coefficient (Wildman–Crippen LogP) is 2.77. The van der Waals surface area contributed by atoms with Crippen molar-refractivity contribution in [1.29, 1.82) is 0 Å². The SMILES string of the molecule is Cc1cccc(OCCNc2c(N)cccc2C(=O)O)c1. The molecule has 110 valence electrons. The van der Waals surface area contributed by atoms with E-state index in [1.165, 1.54) is 6.07 Å². The molecule has 0 aliphatic carbocycles. The van der Waals surface area contributed by atoms with Crippen LogP contribution >= 0.6 is 0 Å². The van der Waals surface area contributed by atoms with Crippen LogP contribution in [0, 0.1) is 6.92 Å². The lowest BCUT2D eigenvalue weighted by Gasteiger charge is -2.13. The van der Waals surface area contributed by atoms with Gasteiger partial charge in [-0.1, -0.05) is 18.2 Å². The fourth-order valence-electron chi connectivity index (χ4n) is 2.00. The maximum absolute atomic E-state index is 11.1. The summed E-state index contributed by atoms with van der Waals surface area (Å²) in [6.45, 7) is 2.87. The molecule has 0 bridgehead atoms. The van der Waals surface area contributed by atoms with E-state index in [9.17, 15) is 4.79 Å². The number of hydrogen-bond acceptors (Lipinski definition) is 4. The van der Waals surface area contributed by atoms with Crippen LogP contribution in [0.1, 0.15) is 15.9 Å². The number of nitrogen functional groups attached to an aromatic ring is 1. The second-order valence-corrected chi connectivity index (χ2v) is 4.67. The van der Waals surface area contributed by atoms with Gasteiger partial charge in [-0.3, -0.25) is 0 Å². The monoisotopic (exact) mass is 286 g/mol. The Balaban J connectivity index is 1.93. The summed E-state index contributed by atoms with van der Waals surface area (Å²) in [5.74, 6) is -0.222. The fraction of sp³-hybridized carbons (Fsp3) is 0.188. The molecule has 0 saturated heterocycles. The molecule has 0 aliphatic rings. The highest BCUT2D eigenvalue weighted by Gasteiger charge is 2.11. The number of benzene rings is 2. The Kier molecular flexibility index (Phi) is 4.66. The van der Waals surface area contributed by atoms with Gasteiger partial charge >= 0.3 is 5.97 Å². The summed E-state index contributed by atoms with van der Waals surface area (Å²) in [6.07, 6.45) is 0. The Morgan fingerprint density at radius 3 is 2.76 bits per heavy atom. The fourth-order valence-corrected chi connectivity index (χ4v) is 2.00. The Hall–Kier alpha value is -2.69. The van der Waals surface area contributed by atoms with Gasteiger partial charge < -0.3 is 20.9 Å². The Morgan fingerprint density at radius 1 is 1.29 bits per heavy atom. The summed E-state index contributed by atoms with van der Waals surface area (Å²) in [6, 6.07) is 12.5. The van der Waals surface area contributed by atoms with Crippen molar-refractivity contribution >= 4 is 17.3 Å². The van der Waals surface area contributed by atoms with Crippen molar-refractivity contribution in [2.24, 2.45) is 0 Å². The molecule has 0 unspecified atom stereocenters. The van der Waals surface area contributed by atoms with E-state index in [1.54, 1.807) is 12.1 Å². The molecule has 0 saturated carbocycles. The van der Waals surface area contributed by atoms with Gasteiger partial charge in [0.25, 0.3) is 0 Å². The predicted molar refractivity (Wildman–Crippen MR) is 83.0 cm³/mol. The normalized spacial score (nSPS) is 10.1. The Bertz CT molecular complexity index is 641. The van der Waals surface area contributed by atoms with Crippen LogP contribution in [-0.4, -0.2) is 24.2 Å². The molecule has 0 fully saturated rings. The number of rotatable bonds is 6. The van der Waals surface area contributed by atoms with Gasteiger partial charge in [0.05, 0.1) is 16.9 Å². The van der Waals surface area contributed by atoms with Crippen molar-refractivity contribution in [3.8, 4) is 5.75 Å². The van der Waals surface area contributed by atoms with Crippen molar-refractivity contribution in [3.63, 3.8) is 0 Å². The number of para-hydroxylation sites is 1. The third-order valence-electron chi connectivity index (χ3n) is 2.99. The van der Waals surface area contributed by atoms with E-state index in [0.717, 1.165) is 11.3 Å². The minimum absolute atomic E-state index is 0.158. The minimum Gasteiger partial charge on any atom is -0.492 e. The van der Waals surface area contributed by atoms with Gasteiger partial charge in [0.2, 0.25) is 0 Å². The second kappa shape index (κ2) is 6.65. The van der Waals surface area contributed by atoms with E-state index in [2.05, 4.69) is 5.32 Å². The molecule has 0 spiro atoms. The van der Waals surface area contributed by atoms with Crippen LogP contribution in [0.2, 0.25) is 0 Å². The highest BCUT2D eigenvalue weighted by atomic mass is 16.5. The highest BCUT2D eigenvalue weighted by molar-refractivity contribution is 5.97. The van der Waals surface area contributed by atoms with Crippen LogP contribution in [0.4, 0.5) is 11.4 Å². The zero-order valence-electron chi connectivity index (χ0n) is 11.8. The molecule has 0 atom stereocenters. The van der Waals surface area contributed by atoms with Gasteiger partial charge in [-0.15, -0.1) is 0 Å². The molecule has 0 amide bonds. The number of carbonyl (C=O) groups is 1. The molecule has 5 heteroatoms. The summed E-state index contributed by atoms with van der Waals surface area (Å²) >= 11 is 0. The standard InChI is InChI=1S/C16H18N2O3/c1-11-4-2-5-12(10-11)21-9-8-18-15-13(16(19)20)6-3-7-14(15)17/h2-7,10,18H,8-9,17H2,1H3,(H,19,20). The summed E-state index contributed by atoms with van der Waals surface area (Å²) < 4.78 is 5.60. The average Bonchev–Trinajstić information content (AvgIpc) is 2.44. The number of anilines is 2. The molecule has 2 rings (SSSR count). The van der Waals surface area contributed by atoms with E-state index in [1.807, 2.05) is 31.2 Å². The zero-order chi connectivity index (χ0) is 15.2. The number of aromatic carboxylic acids is 1. The quantitative estimate of drug-likeness (QED) is 0.561. The third-order valence-corrected chi connectivity index (χ3v) is 2.99. The number of carboxylic acids is 1. The first-order chi connectivity index (χ1) is 10.1. The number of nitrogens with one attached hydrogen (secondary N) is 1. The first kappa shape index (κ1) is 14.7. The molecule has 0 radical (unpaired) electrons. The smallest absolute Gasteiger partial charge is 0.337 e. The molecule has 5 nitrogen and oxygen atoms in total. The van der Waals surface area contributed by atoms with Gasteiger partial charge in [0.1, 0.15) is 12.4 Å². The van der Waals surface area contributed by atoms with Crippen LogP contribution in [0.5, 0.6) is 5.75 Å². The number of carboxylic acid groups (broad SMARTS) is 1. The van der Waals surface area contributed by atoms with E-state index in [0.29, 0.717) is 24.5 Å². The molecule has 0 aromatic heterocycles. The summed E-state index contributed by atoms with van der Waals surface area (Å²) in [5, 5.41) is 12.1. The first-order valence-electron chi connectivity index (χ1n) is 6.63. The van der Waals surface area contributed by atoms with Crippen molar-refractivity contribution in [2.75, 3.05) is 24.2 Å². The maximum Gasteiger partial charge on any atom is 0.337 e. The highest BCUT2D eigenvalue weighted by Crippen LogP contribution is 2.23. The van der Waals surface area contributed by atoms with Crippen molar-refractivity contribution in [3.05, 3.63) is 53.6 Å². The molecule has 21 heavy (non-hydrogen) atoms. The van der Waals surface area contributed by atoms with E-state index in [-0.39, 0.29) is 5.56 Å². The maximum atomic E-state index is 11.1. The van der Waals surface area contributed by atoms with Gasteiger partial charge in [-0.05, 0) is 36.8 Å². The molecular formula is C16H18N2O3. The summed E-state index contributed by atoms with van der Waals surface area (Å²) in [5.41, 5.74) is 7.93. The third kappa shape index (κ3) is 3.89. The number of aryl methyl sites for hydroxylation is 1. The minimum atomic E-state index is -1.01. The van der Waals surface area contributed by atoms with Crippen molar-refractivity contribution < 1.29 is 14.6 Å². The number of nitrogens with two attached hydrogens (primary N) is 1. The summed E-state index contributed by atoms with van der Waals surface area (Å²) in [4.78, 5) is 11.1. The Labute approximate surface area is 123 Å². The molecule has 0 aliphatic heterocycles. The topological polar surface area (TPSA) is 84.6 Å². The van der Waals surface area contributed by atoms with Gasteiger partial charge in [-0.2, -0.15) is 0 Å². The van der Waals surface area contributed by atoms with Crippen LogP contribution < -0.4 is 15.8 Å². The van der Waals surface area contributed by atoms with Crippen molar-refractivity contribution in [2.45, 2.75) is 6.92 Å². The van der Waals surface area contributed by atoms with Crippen LogP contribution in [0.15, 0.2) is 42.5 Å². The lowest BCUT2D eigenvalue weighted by atomic mass is 10.1. The summed E-state index contributed by atoms with van der Waals surface area (Å²) in [7, 11) is 0. The zero-order valence-corrected chi connectivity index (χ0v) is 11.8. The molecule has 2 aromatic carbocycles. The molecule has 0 heterocycles. The van der Waals surface area contributed by atoms with Crippen LogP contribution in [-0.2, 0) is 0 Å². The number of ether oxygens (including phenoxy) is 1. The van der Waals surface area contributed by atoms with E-state index >= 15 is 0 Å². The molecule has 4 N–H and O–H groups in total. The largest absolute Gasteiger partial charge is 0.492 e. The van der Waals surface area contributed by atoms with Crippen LogP contribution in [0.25, 0.3) is 0 Å². The van der Waals surface area contributed by atoms with Gasteiger partial charge in [0.15, 0.2) is 0 Å². The van der Waals surface area contributed by atoms with Gasteiger partial charge in [0, 0.05) is 6.54 Å². The van der Waals surface area contributed by atoms with E-state index in [4.69, 9.17) is 15.6 Å². The van der Waals surface area contributed by atoms with Gasteiger partial charge in [-0.25, -0.2) is 4.79 Å².